The van der Waals surface area contributed by atoms with E-state index in [4.69, 9.17) is 0 Å². The molecule has 29 heavy (non-hydrogen) atoms. The first-order valence-electron chi connectivity index (χ1n) is 9.04. The number of nitrogens with zero attached hydrogens (tertiary/aromatic N) is 2. The van der Waals surface area contributed by atoms with Crippen LogP contribution in [0.5, 0.6) is 0 Å². The van der Waals surface area contributed by atoms with Gasteiger partial charge in [0.15, 0.2) is 5.16 Å². The number of nitrogens with one attached hydrogen (secondary N) is 2. The topological polar surface area (TPSA) is 96.2 Å². The van der Waals surface area contributed by atoms with E-state index in [1.54, 1.807) is 30.5 Å². The summed E-state index contributed by atoms with van der Waals surface area (Å²) >= 11 is 1.31. The van der Waals surface area contributed by atoms with E-state index in [9.17, 15) is 14.7 Å². The Hall–Kier alpha value is -3.10. The summed E-state index contributed by atoms with van der Waals surface area (Å²) in [5, 5.41) is 15.6. The van der Waals surface area contributed by atoms with E-state index in [0.717, 1.165) is 5.56 Å². The first kappa shape index (κ1) is 20.6. The van der Waals surface area contributed by atoms with Crippen molar-refractivity contribution >= 4 is 35.0 Å². The van der Waals surface area contributed by atoms with Crippen LogP contribution in [0.1, 0.15) is 18.2 Å². The average molecular weight is 410 g/mol. The molecular weight excluding hydrogens is 388 g/mol. The van der Waals surface area contributed by atoms with Gasteiger partial charge in [-0.3, -0.25) is 9.59 Å². The maximum absolute atomic E-state index is 12.3. The number of amides is 2. The Morgan fingerprint density at radius 3 is 2.31 bits per heavy atom. The molecule has 3 aromatic rings. The minimum atomic E-state index is -0.165. The molecule has 0 aliphatic rings. The summed E-state index contributed by atoms with van der Waals surface area (Å²) < 4.78 is 1.93. The molecule has 0 bridgehead atoms. The first-order valence-corrected chi connectivity index (χ1v) is 10.0. The molecule has 2 amide bonds. The fraction of sp³-hybridized carbons (Fsp3) is 0.190. The van der Waals surface area contributed by atoms with Crippen LogP contribution < -0.4 is 10.6 Å². The molecule has 0 radical (unpaired) electrons. The predicted molar refractivity (Wildman–Crippen MR) is 114 cm³/mol. The number of benzene rings is 2. The number of hydrogen-bond donors (Lipinski definition) is 3. The Morgan fingerprint density at radius 2 is 1.69 bits per heavy atom. The van der Waals surface area contributed by atoms with Gasteiger partial charge in [-0.15, -0.1) is 0 Å². The van der Waals surface area contributed by atoms with Gasteiger partial charge in [-0.2, -0.15) is 0 Å². The van der Waals surface area contributed by atoms with Crippen molar-refractivity contribution in [2.45, 2.75) is 25.2 Å². The van der Waals surface area contributed by atoms with Gasteiger partial charge in [0, 0.05) is 31.0 Å². The highest BCUT2D eigenvalue weighted by Crippen LogP contribution is 2.20. The summed E-state index contributed by atoms with van der Waals surface area (Å²) in [6, 6.07) is 16.8. The van der Waals surface area contributed by atoms with E-state index in [0.29, 0.717) is 28.8 Å². The molecule has 8 heteroatoms. The normalized spacial score (nSPS) is 10.6. The third kappa shape index (κ3) is 6.20. The molecule has 0 spiro atoms. The summed E-state index contributed by atoms with van der Waals surface area (Å²) in [5.74, 6) is -0.127. The maximum atomic E-state index is 12.3. The molecule has 1 heterocycles. The van der Waals surface area contributed by atoms with Crippen molar-refractivity contribution in [2.75, 3.05) is 16.4 Å². The van der Waals surface area contributed by atoms with Gasteiger partial charge in [0.1, 0.15) is 0 Å². The van der Waals surface area contributed by atoms with Crippen LogP contribution in [0, 0.1) is 0 Å². The average Bonchev–Trinajstić information content (AvgIpc) is 3.10. The molecule has 2 aromatic carbocycles. The number of thioether (sulfide) groups is 1. The highest BCUT2D eigenvalue weighted by atomic mass is 32.2. The van der Waals surface area contributed by atoms with Crippen molar-refractivity contribution in [3.05, 3.63) is 72.1 Å². The third-order valence-electron chi connectivity index (χ3n) is 3.97. The SMILES string of the molecule is CC(=O)Nc1ccc(NC(=O)CSc2nc(CO)cn2Cc2ccccc2)cc1. The molecule has 0 fully saturated rings. The Morgan fingerprint density at radius 1 is 1.03 bits per heavy atom. The van der Waals surface area contributed by atoms with E-state index < -0.39 is 0 Å². The number of anilines is 2. The van der Waals surface area contributed by atoms with Gasteiger partial charge < -0.3 is 20.3 Å². The second kappa shape index (κ2) is 9.90. The molecule has 0 aliphatic carbocycles. The summed E-state index contributed by atoms with van der Waals surface area (Å²) in [6.07, 6.45) is 1.80. The largest absolute Gasteiger partial charge is 0.390 e. The molecule has 3 N–H and O–H groups in total. The highest BCUT2D eigenvalue weighted by molar-refractivity contribution is 7.99. The second-order valence-corrected chi connectivity index (χ2v) is 7.32. The van der Waals surface area contributed by atoms with Crippen molar-refractivity contribution in [2.24, 2.45) is 0 Å². The van der Waals surface area contributed by atoms with Gasteiger partial charge in [0.05, 0.1) is 18.1 Å². The zero-order valence-corrected chi connectivity index (χ0v) is 16.8. The van der Waals surface area contributed by atoms with Crippen LogP contribution >= 0.6 is 11.8 Å². The molecule has 7 nitrogen and oxygen atoms in total. The quantitative estimate of drug-likeness (QED) is 0.496. The Balaban J connectivity index is 1.59. The van der Waals surface area contributed by atoms with E-state index >= 15 is 0 Å². The van der Waals surface area contributed by atoms with Crippen molar-refractivity contribution in [1.82, 2.24) is 9.55 Å². The number of aliphatic hydroxyl groups is 1. The smallest absolute Gasteiger partial charge is 0.234 e. The molecule has 0 unspecified atom stereocenters. The first-order chi connectivity index (χ1) is 14.0. The van der Waals surface area contributed by atoms with Crippen LogP contribution in [0.25, 0.3) is 0 Å². The molecule has 1 aromatic heterocycles. The number of aliphatic hydroxyl groups excluding tert-OH is 1. The third-order valence-corrected chi connectivity index (χ3v) is 4.96. The second-order valence-electron chi connectivity index (χ2n) is 6.38. The van der Waals surface area contributed by atoms with E-state index in [2.05, 4.69) is 15.6 Å². The van der Waals surface area contributed by atoms with Crippen LogP contribution in [-0.4, -0.2) is 32.2 Å². The summed E-state index contributed by atoms with van der Waals surface area (Å²) in [5.41, 5.74) is 3.00. The van der Waals surface area contributed by atoms with Gasteiger partial charge in [-0.05, 0) is 29.8 Å². The highest BCUT2D eigenvalue weighted by Gasteiger charge is 2.12. The molecule has 0 saturated carbocycles. The minimum absolute atomic E-state index is 0.147. The van der Waals surface area contributed by atoms with Crippen LogP contribution in [0.2, 0.25) is 0 Å². The number of rotatable bonds is 8. The summed E-state index contributed by atoms with van der Waals surface area (Å²) in [4.78, 5) is 27.8. The Bertz CT molecular complexity index is 971. The van der Waals surface area contributed by atoms with Crippen LogP contribution in [0.4, 0.5) is 11.4 Å². The molecule has 0 atom stereocenters. The van der Waals surface area contributed by atoms with Crippen molar-refractivity contribution < 1.29 is 14.7 Å². The minimum Gasteiger partial charge on any atom is -0.390 e. The zero-order chi connectivity index (χ0) is 20.6. The maximum Gasteiger partial charge on any atom is 0.234 e. The summed E-state index contributed by atoms with van der Waals surface area (Å²) in [7, 11) is 0. The lowest BCUT2D eigenvalue weighted by molar-refractivity contribution is -0.114. The van der Waals surface area contributed by atoms with Gasteiger partial charge >= 0.3 is 0 Å². The molecule has 0 aliphatic heterocycles. The standard InChI is InChI=1S/C21H22N4O3S/c1-15(27)22-17-7-9-18(10-8-17)23-20(28)14-29-21-24-19(13-26)12-25(21)11-16-5-3-2-4-6-16/h2-10,12,26H,11,13-14H2,1H3,(H,22,27)(H,23,28). The number of hydrogen-bond acceptors (Lipinski definition) is 5. The lowest BCUT2D eigenvalue weighted by Crippen LogP contribution is -2.14. The lowest BCUT2D eigenvalue weighted by atomic mass is 10.2. The van der Waals surface area contributed by atoms with Crippen LogP contribution in [-0.2, 0) is 22.7 Å². The monoisotopic (exact) mass is 410 g/mol. The number of carbonyl (C=O) groups is 2. The van der Waals surface area contributed by atoms with Crippen molar-refractivity contribution in [3.63, 3.8) is 0 Å². The molecule has 0 saturated heterocycles. The number of carbonyl (C=O) groups excluding carboxylic acids is 2. The molecule has 150 valence electrons. The lowest BCUT2D eigenvalue weighted by Gasteiger charge is -2.09. The van der Waals surface area contributed by atoms with E-state index in [-0.39, 0.29) is 24.2 Å². The van der Waals surface area contributed by atoms with Crippen LogP contribution in [0.15, 0.2) is 66.0 Å². The summed E-state index contributed by atoms with van der Waals surface area (Å²) in [6.45, 7) is 1.90. The van der Waals surface area contributed by atoms with Crippen molar-refractivity contribution in [1.29, 1.82) is 0 Å². The van der Waals surface area contributed by atoms with E-state index in [1.807, 2.05) is 34.9 Å². The van der Waals surface area contributed by atoms with Gasteiger partial charge in [-0.25, -0.2) is 4.98 Å². The van der Waals surface area contributed by atoms with Gasteiger partial charge in [-0.1, -0.05) is 42.1 Å². The Kier molecular flexibility index (Phi) is 7.04. The van der Waals surface area contributed by atoms with Gasteiger partial charge in [0.2, 0.25) is 11.8 Å². The fourth-order valence-corrected chi connectivity index (χ4v) is 3.50. The Labute approximate surface area is 173 Å². The number of aromatic nitrogens is 2. The molecular formula is C21H22N4O3S. The zero-order valence-electron chi connectivity index (χ0n) is 16.0. The van der Waals surface area contributed by atoms with E-state index in [1.165, 1.54) is 18.7 Å². The number of imidazole rings is 1. The van der Waals surface area contributed by atoms with Crippen molar-refractivity contribution in [3.8, 4) is 0 Å². The van der Waals surface area contributed by atoms with Gasteiger partial charge in [0.25, 0.3) is 0 Å². The molecule has 3 rings (SSSR count). The predicted octanol–water partition coefficient (Wildman–Crippen LogP) is 3.11. The van der Waals surface area contributed by atoms with Crippen LogP contribution in [0.3, 0.4) is 0 Å². The fourth-order valence-electron chi connectivity index (χ4n) is 2.70.